The van der Waals surface area contributed by atoms with Crippen LogP contribution in [-0.4, -0.2) is 84.5 Å². The number of thiazole rings is 1. The van der Waals surface area contributed by atoms with Gasteiger partial charge in [0, 0.05) is 64.0 Å². The Morgan fingerprint density at radius 2 is 1.82 bits per heavy atom. The van der Waals surface area contributed by atoms with Gasteiger partial charge in [-0.1, -0.05) is 22.9 Å². The number of piperidine rings is 1. The third-order valence-corrected chi connectivity index (χ3v) is 10.1. The van der Waals surface area contributed by atoms with E-state index in [1.165, 1.54) is 0 Å². The van der Waals surface area contributed by atoms with Crippen LogP contribution in [0.15, 0.2) is 36.5 Å². The smallest absolute Gasteiger partial charge is 0.274 e. The SMILES string of the molecule is CC(C)(O)CCS(=O)(=O)N1CCN(c2ccc3nc(OC4CCN(c5ccc(Cl)cn5)CC4)sc3c2)CC1. The van der Waals surface area contributed by atoms with Gasteiger partial charge in [-0.25, -0.2) is 18.4 Å². The molecule has 4 heterocycles. The summed E-state index contributed by atoms with van der Waals surface area (Å²) in [6.45, 7) is 7.13. The largest absolute Gasteiger partial charge is 0.467 e. The monoisotopic (exact) mass is 579 g/mol. The number of aliphatic hydroxyl groups is 1. The molecule has 0 amide bonds. The number of sulfonamides is 1. The minimum absolute atomic E-state index is 0.0385. The van der Waals surface area contributed by atoms with Gasteiger partial charge in [-0.2, -0.15) is 4.31 Å². The fourth-order valence-electron chi connectivity index (χ4n) is 4.77. The van der Waals surface area contributed by atoms with Crippen LogP contribution < -0.4 is 14.5 Å². The van der Waals surface area contributed by atoms with E-state index >= 15 is 0 Å². The molecule has 2 aliphatic rings. The summed E-state index contributed by atoms with van der Waals surface area (Å²) in [6.07, 6.45) is 3.81. The highest BCUT2D eigenvalue weighted by molar-refractivity contribution is 7.89. The first-order valence-corrected chi connectivity index (χ1v) is 15.7. The van der Waals surface area contributed by atoms with Gasteiger partial charge in [0.25, 0.3) is 5.19 Å². The lowest BCUT2D eigenvalue weighted by molar-refractivity contribution is 0.0768. The zero-order chi connectivity index (χ0) is 26.9. The number of fused-ring (bicyclic) bond motifs is 1. The second kappa shape index (κ2) is 11.1. The minimum Gasteiger partial charge on any atom is -0.467 e. The number of aromatic nitrogens is 2. The quantitative estimate of drug-likeness (QED) is 0.427. The van der Waals surface area contributed by atoms with Gasteiger partial charge < -0.3 is 19.6 Å². The predicted molar refractivity (Wildman–Crippen MR) is 153 cm³/mol. The number of nitrogens with zero attached hydrogens (tertiary/aromatic N) is 5. The van der Waals surface area contributed by atoms with Crippen LogP contribution >= 0.6 is 22.9 Å². The maximum absolute atomic E-state index is 12.7. The molecule has 0 spiro atoms. The number of ether oxygens (including phenoxy) is 1. The predicted octanol–water partition coefficient (Wildman–Crippen LogP) is 4.01. The van der Waals surface area contributed by atoms with Crippen molar-refractivity contribution in [2.75, 3.05) is 54.8 Å². The van der Waals surface area contributed by atoms with Gasteiger partial charge in [0.2, 0.25) is 10.0 Å². The van der Waals surface area contributed by atoms with Gasteiger partial charge in [0.05, 0.1) is 26.6 Å². The Morgan fingerprint density at radius 1 is 1.08 bits per heavy atom. The van der Waals surface area contributed by atoms with Crippen molar-refractivity contribution in [2.24, 2.45) is 0 Å². The van der Waals surface area contributed by atoms with Crippen molar-refractivity contribution in [2.45, 2.75) is 44.8 Å². The first-order valence-electron chi connectivity index (χ1n) is 12.9. The number of benzene rings is 1. The molecule has 2 aromatic heterocycles. The first kappa shape index (κ1) is 27.4. The maximum atomic E-state index is 12.7. The summed E-state index contributed by atoms with van der Waals surface area (Å²) in [7, 11) is -3.38. The molecule has 38 heavy (non-hydrogen) atoms. The van der Waals surface area contributed by atoms with E-state index < -0.39 is 15.6 Å². The lowest BCUT2D eigenvalue weighted by atomic mass is 10.1. The molecule has 1 N–H and O–H groups in total. The van der Waals surface area contributed by atoms with Crippen molar-refractivity contribution >= 4 is 54.7 Å². The normalized spacial score (nSPS) is 18.3. The van der Waals surface area contributed by atoms with Crippen LogP contribution in [0.25, 0.3) is 10.2 Å². The second-order valence-electron chi connectivity index (χ2n) is 10.5. The lowest BCUT2D eigenvalue weighted by Crippen LogP contribution is -2.49. The molecule has 0 unspecified atom stereocenters. The van der Waals surface area contributed by atoms with E-state index in [4.69, 9.17) is 21.3 Å². The number of anilines is 2. The highest BCUT2D eigenvalue weighted by Crippen LogP contribution is 2.33. The highest BCUT2D eigenvalue weighted by atomic mass is 35.5. The fraction of sp³-hybridized carbons (Fsp3) is 0.538. The van der Waals surface area contributed by atoms with E-state index in [-0.39, 0.29) is 18.3 Å². The van der Waals surface area contributed by atoms with Crippen molar-refractivity contribution in [3.63, 3.8) is 0 Å². The lowest BCUT2D eigenvalue weighted by Gasteiger charge is -2.35. The van der Waals surface area contributed by atoms with E-state index in [1.54, 1.807) is 35.7 Å². The Bertz CT molecular complexity index is 1340. The minimum atomic E-state index is -3.38. The first-order chi connectivity index (χ1) is 18.1. The van der Waals surface area contributed by atoms with E-state index in [0.29, 0.717) is 36.4 Å². The molecule has 0 radical (unpaired) electrons. The van der Waals surface area contributed by atoms with Crippen LogP contribution in [0.1, 0.15) is 33.1 Å². The van der Waals surface area contributed by atoms with Crippen molar-refractivity contribution in [3.05, 3.63) is 41.6 Å². The molecule has 206 valence electrons. The number of rotatable bonds is 8. The molecule has 3 aromatic rings. The van der Waals surface area contributed by atoms with Gasteiger partial charge >= 0.3 is 0 Å². The van der Waals surface area contributed by atoms with Gasteiger partial charge in [0.1, 0.15) is 11.9 Å². The van der Waals surface area contributed by atoms with E-state index in [1.807, 2.05) is 24.3 Å². The summed E-state index contributed by atoms with van der Waals surface area (Å²) in [5.74, 6) is 0.899. The number of hydrogen-bond acceptors (Lipinski definition) is 9. The Hall–Kier alpha value is -2.18. The molecule has 0 atom stereocenters. The van der Waals surface area contributed by atoms with Crippen molar-refractivity contribution < 1.29 is 18.3 Å². The van der Waals surface area contributed by atoms with Crippen molar-refractivity contribution in [3.8, 4) is 5.19 Å². The number of halogens is 1. The van der Waals surface area contributed by atoms with E-state index in [9.17, 15) is 13.5 Å². The molecule has 5 rings (SSSR count). The second-order valence-corrected chi connectivity index (χ2v) is 14.1. The fourth-order valence-corrected chi connectivity index (χ4v) is 7.53. The molecule has 12 heteroatoms. The average molecular weight is 580 g/mol. The molecule has 0 bridgehead atoms. The van der Waals surface area contributed by atoms with Gasteiger partial charge in [-0.05, 0) is 50.6 Å². The Morgan fingerprint density at radius 3 is 2.47 bits per heavy atom. The Kier molecular flexibility index (Phi) is 8.02. The van der Waals surface area contributed by atoms with Crippen LogP contribution in [0.2, 0.25) is 5.02 Å². The summed E-state index contributed by atoms with van der Waals surface area (Å²) in [5, 5.41) is 11.2. The summed E-state index contributed by atoms with van der Waals surface area (Å²) >= 11 is 7.51. The Labute approximate surface area is 233 Å². The molecule has 9 nitrogen and oxygen atoms in total. The molecule has 1 aromatic carbocycles. The van der Waals surface area contributed by atoms with E-state index in [0.717, 1.165) is 47.7 Å². The number of piperazine rings is 1. The van der Waals surface area contributed by atoms with Gasteiger partial charge in [-0.3, -0.25) is 0 Å². The van der Waals surface area contributed by atoms with Crippen molar-refractivity contribution in [1.82, 2.24) is 14.3 Å². The molecule has 0 aliphatic carbocycles. The summed E-state index contributed by atoms with van der Waals surface area (Å²) in [6, 6.07) is 9.99. The van der Waals surface area contributed by atoms with Crippen LogP contribution in [0, 0.1) is 0 Å². The van der Waals surface area contributed by atoms with Crippen LogP contribution in [-0.2, 0) is 10.0 Å². The van der Waals surface area contributed by atoms with Gasteiger partial charge in [-0.15, -0.1) is 0 Å². The topological polar surface area (TPSA) is 99.1 Å². The molecule has 2 aliphatic heterocycles. The Balaban J connectivity index is 1.15. The number of hydrogen-bond donors (Lipinski definition) is 1. The van der Waals surface area contributed by atoms with Crippen LogP contribution in [0.4, 0.5) is 11.5 Å². The molecule has 2 fully saturated rings. The molecular formula is C26H34ClN5O4S2. The zero-order valence-corrected chi connectivity index (χ0v) is 24.1. The standard InChI is InChI=1S/C26H34ClN5O4S2/c1-26(2,33)9-16-38(34,35)32-14-12-30(13-15-32)20-4-5-22-23(17-20)37-25(29-22)36-21-7-10-31(11-8-21)24-6-3-19(27)18-28-24/h3-6,17-18,21,33H,7-16H2,1-2H3. The molecule has 2 saturated heterocycles. The van der Waals surface area contributed by atoms with Crippen LogP contribution in [0.3, 0.4) is 0 Å². The maximum Gasteiger partial charge on any atom is 0.274 e. The van der Waals surface area contributed by atoms with Crippen LogP contribution in [0.5, 0.6) is 5.19 Å². The summed E-state index contributed by atoms with van der Waals surface area (Å²) < 4.78 is 34.2. The summed E-state index contributed by atoms with van der Waals surface area (Å²) in [4.78, 5) is 13.6. The zero-order valence-electron chi connectivity index (χ0n) is 21.7. The molecule has 0 saturated carbocycles. The van der Waals surface area contributed by atoms with E-state index in [2.05, 4.69) is 20.9 Å². The third-order valence-electron chi connectivity index (χ3n) is 7.07. The highest BCUT2D eigenvalue weighted by Gasteiger charge is 2.29. The number of pyridine rings is 1. The third kappa shape index (κ3) is 6.69. The van der Waals surface area contributed by atoms with Gasteiger partial charge in [0.15, 0.2) is 0 Å². The summed E-state index contributed by atoms with van der Waals surface area (Å²) in [5.41, 5.74) is 0.975. The average Bonchev–Trinajstić information content (AvgIpc) is 3.30. The van der Waals surface area contributed by atoms with Crippen molar-refractivity contribution in [1.29, 1.82) is 0 Å². The molecular weight excluding hydrogens is 546 g/mol.